The van der Waals surface area contributed by atoms with E-state index >= 15 is 0 Å². The Hall–Kier alpha value is -2.52. The van der Waals surface area contributed by atoms with Crippen LogP contribution in [0.2, 0.25) is 0 Å². The zero-order valence-electron chi connectivity index (χ0n) is 17.6. The van der Waals surface area contributed by atoms with E-state index in [9.17, 15) is 9.18 Å². The van der Waals surface area contributed by atoms with E-state index in [0.717, 1.165) is 46.3 Å². The average Bonchev–Trinajstić information content (AvgIpc) is 3.39. The zero-order chi connectivity index (χ0) is 22.7. The van der Waals surface area contributed by atoms with Crippen LogP contribution >= 0.6 is 27.7 Å². The summed E-state index contributed by atoms with van der Waals surface area (Å²) >= 11 is 5.16. The van der Waals surface area contributed by atoms with Gasteiger partial charge in [0, 0.05) is 38.7 Å². The van der Waals surface area contributed by atoms with Crippen molar-refractivity contribution in [3.63, 3.8) is 0 Å². The van der Waals surface area contributed by atoms with Gasteiger partial charge in [-0.25, -0.2) is 9.38 Å². The Kier molecular flexibility index (Phi) is 4.95. The van der Waals surface area contributed by atoms with Gasteiger partial charge in [-0.15, -0.1) is 0 Å². The highest BCUT2D eigenvalue weighted by atomic mass is 79.9. The Balaban J connectivity index is 1.28. The first-order chi connectivity index (χ1) is 15.9. The molecule has 6 rings (SSSR count). The highest BCUT2D eigenvalue weighted by Gasteiger charge is 2.54. The van der Waals surface area contributed by atoms with E-state index in [4.69, 9.17) is 15.5 Å². The first-order valence-corrected chi connectivity index (χ1v) is 12.7. The summed E-state index contributed by atoms with van der Waals surface area (Å²) in [6, 6.07) is 12.2. The molecule has 0 radical (unpaired) electrons. The van der Waals surface area contributed by atoms with Gasteiger partial charge in [-0.05, 0) is 61.7 Å². The summed E-state index contributed by atoms with van der Waals surface area (Å²) < 4.78 is 20.9. The minimum atomic E-state index is -0.460. The number of amidine groups is 1. The number of carbonyl (C=O) groups is 1. The van der Waals surface area contributed by atoms with Gasteiger partial charge < -0.3 is 20.8 Å². The Labute approximate surface area is 202 Å². The molecular formula is C24H22BrFN4O2S. The highest BCUT2D eigenvalue weighted by molar-refractivity contribution is 9.10. The number of benzene rings is 2. The summed E-state index contributed by atoms with van der Waals surface area (Å²) in [5.41, 5.74) is 7.91. The summed E-state index contributed by atoms with van der Waals surface area (Å²) in [7, 11) is 0. The number of fused-ring (bicyclic) bond motifs is 5. The molecule has 6 nitrogen and oxygen atoms in total. The molecule has 170 valence electrons. The van der Waals surface area contributed by atoms with Crippen LogP contribution in [-0.2, 0) is 5.54 Å². The van der Waals surface area contributed by atoms with E-state index in [0.29, 0.717) is 16.2 Å². The molecule has 2 aromatic carbocycles. The lowest BCUT2D eigenvalue weighted by atomic mass is 9.67. The molecule has 1 unspecified atom stereocenters. The highest BCUT2D eigenvalue weighted by Crippen LogP contribution is 2.54. The molecule has 3 aromatic rings. The first kappa shape index (κ1) is 21.0. The molecule has 3 aliphatic rings. The number of nitrogens with zero attached hydrogens (tertiary/aromatic N) is 1. The van der Waals surface area contributed by atoms with Crippen molar-refractivity contribution < 1.29 is 13.9 Å². The number of thioether (sulfide) groups is 1. The molecule has 33 heavy (non-hydrogen) atoms. The van der Waals surface area contributed by atoms with Crippen LogP contribution in [0, 0.1) is 11.7 Å². The van der Waals surface area contributed by atoms with Crippen LogP contribution in [0.1, 0.15) is 35.3 Å². The van der Waals surface area contributed by atoms with Crippen molar-refractivity contribution in [2.45, 2.75) is 36.9 Å². The molecule has 0 saturated heterocycles. The molecule has 3 heterocycles. The van der Waals surface area contributed by atoms with E-state index in [-0.39, 0.29) is 29.8 Å². The van der Waals surface area contributed by atoms with Crippen LogP contribution in [0.15, 0.2) is 51.9 Å². The Morgan fingerprint density at radius 3 is 2.97 bits per heavy atom. The van der Waals surface area contributed by atoms with Crippen LogP contribution < -0.4 is 15.8 Å². The fourth-order valence-electron chi connectivity index (χ4n) is 5.49. The number of rotatable bonds is 2. The van der Waals surface area contributed by atoms with Gasteiger partial charge in [-0.1, -0.05) is 27.7 Å². The number of H-pyrrole nitrogens is 1. The second kappa shape index (κ2) is 7.77. The third-order valence-corrected chi connectivity index (χ3v) is 8.46. The number of hydrogen-bond acceptors (Lipinski definition) is 5. The third-order valence-electron chi connectivity index (χ3n) is 7.00. The van der Waals surface area contributed by atoms with Crippen LogP contribution in [0.25, 0.3) is 10.9 Å². The number of hydrogen-bond donors (Lipinski definition) is 3. The number of ether oxygens (including phenoxy) is 1. The maximum absolute atomic E-state index is 13.5. The Morgan fingerprint density at radius 2 is 2.15 bits per heavy atom. The third kappa shape index (κ3) is 3.52. The van der Waals surface area contributed by atoms with Gasteiger partial charge in [0.1, 0.15) is 28.9 Å². The van der Waals surface area contributed by atoms with Gasteiger partial charge in [-0.3, -0.25) is 4.79 Å². The summed E-state index contributed by atoms with van der Waals surface area (Å²) in [6.45, 7) is 0. The fourth-order valence-corrected chi connectivity index (χ4v) is 6.88. The van der Waals surface area contributed by atoms with E-state index in [1.54, 1.807) is 23.9 Å². The minimum Gasteiger partial charge on any atom is -0.490 e. The van der Waals surface area contributed by atoms with Crippen molar-refractivity contribution in [1.82, 2.24) is 10.3 Å². The van der Waals surface area contributed by atoms with Crippen molar-refractivity contribution in [2.75, 3.05) is 5.75 Å². The number of halogens is 2. The van der Waals surface area contributed by atoms with Crippen LogP contribution in [0.3, 0.4) is 0 Å². The zero-order valence-corrected chi connectivity index (χ0v) is 20.0. The molecule has 2 aliphatic heterocycles. The average molecular weight is 529 g/mol. The molecule has 4 N–H and O–H groups in total. The largest absolute Gasteiger partial charge is 0.490 e. The van der Waals surface area contributed by atoms with Gasteiger partial charge in [0.25, 0.3) is 5.91 Å². The number of nitrogens with two attached hydrogens (primary N) is 1. The predicted octanol–water partition coefficient (Wildman–Crippen LogP) is 4.69. The number of amides is 1. The smallest absolute Gasteiger partial charge is 0.267 e. The second-order valence-corrected chi connectivity index (χ2v) is 10.9. The Bertz CT molecular complexity index is 1310. The molecule has 1 aliphatic carbocycles. The van der Waals surface area contributed by atoms with Crippen molar-refractivity contribution in [3.05, 3.63) is 64.0 Å². The molecule has 0 bridgehead atoms. The maximum Gasteiger partial charge on any atom is 0.267 e. The van der Waals surface area contributed by atoms with E-state index in [2.05, 4.69) is 32.3 Å². The van der Waals surface area contributed by atoms with Crippen molar-refractivity contribution in [3.8, 4) is 5.75 Å². The number of carbonyl (C=O) groups excluding carboxylic acids is 1. The summed E-state index contributed by atoms with van der Waals surface area (Å²) in [5, 5.41) is 4.46. The topological polar surface area (TPSA) is 92.5 Å². The summed E-state index contributed by atoms with van der Waals surface area (Å²) in [4.78, 5) is 21.1. The lowest BCUT2D eigenvalue weighted by Gasteiger charge is -2.48. The first-order valence-electron chi connectivity index (χ1n) is 11.0. The molecule has 1 amide bonds. The molecular weight excluding hydrogens is 507 g/mol. The number of aliphatic imine (C=N–C) groups is 1. The number of nitrogens with one attached hydrogen (secondary N) is 2. The van der Waals surface area contributed by atoms with Crippen LogP contribution in [0.5, 0.6) is 5.75 Å². The van der Waals surface area contributed by atoms with Gasteiger partial charge in [0.2, 0.25) is 0 Å². The SMILES string of the molecule is NC1=NC2(CS1)c1cc(Br)ccc1O[C@H]1CC[C@@H](NC(=O)c3cc4cc(F)ccc4[nH]3)C[C@@H]12. The van der Waals surface area contributed by atoms with E-state index < -0.39 is 5.54 Å². The van der Waals surface area contributed by atoms with E-state index in [1.807, 2.05) is 12.1 Å². The maximum atomic E-state index is 13.5. The van der Waals surface area contributed by atoms with Crippen molar-refractivity contribution in [2.24, 2.45) is 16.6 Å². The fraction of sp³-hybridized carbons (Fsp3) is 0.333. The van der Waals surface area contributed by atoms with Crippen molar-refractivity contribution >= 4 is 49.7 Å². The van der Waals surface area contributed by atoms with Crippen molar-refractivity contribution in [1.29, 1.82) is 0 Å². The standard InChI is InChI=1S/C24H22BrFN4O2S/c25-13-1-5-20-16(9-13)24(11-33-23(27)30-24)17-10-15(3-6-21(17)32-20)28-22(31)19-8-12-7-14(26)2-4-18(12)29-19/h1-2,4-5,7-9,15,17,21,29H,3,6,10-11H2,(H2,27,30)(H,28,31)/t15-,17+,21+,24?/m1/s1. The molecule has 1 fully saturated rings. The summed E-state index contributed by atoms with van der Waals surface area (Å²) in [6.07, 6.45) is 2.41. The number of aromatic amines is 1. The lowest BCUT2D eigenvalue weighted by molar-refractivity contribution is 0.0155. The van der Waals surface area contributed by atoms with Crippen LogP contribution in [-0.4, -0.2) is 34.0 Å². The van der Waals surface area contributed by atoms with Gasteiger partial charge in [-0.2, -0.15) is 0 Å². The normalized spacial score (nSPS) is 28.2. The number of aromatic nitrogens is 1. The minimum absolute atomic E-state index is 0.0156. The molecule has 1 spiro atoms. The molecule has 1 aromatic heterocycles. The molecule has 4 atom stereocenters. The molecule has 9 heteroatoms. The van der Waals surface area contributed by atoms with Crippen LogP contribution in [0.4, 0.5) is 4.39 Å². The Morgan fingerprint density at radius 1 is 1.27 bits per heavy atom. The predicted molar refractivity (Wildman–Crippen MR) is 131 cm³/mol. The van der Waals surface area contributed by atoms with E-state index in [1.165, 1.54) is 12.1 Å². The quantitative estimate of drug-likeness (QED) is 0.450. The second-order valence-electron chi connectivity index (χ2n) is 8.96. The van der Waals surface area contributed by atoms with Gasteiger partial charge >= 0.3 is 0 Å². The molecule has 1 saturated carbocycles. The van der Waals surface area contributed by atoms with Gasteiger partial charge in [0.05, 0.1) is 0 Å². The monoisotopic (exact) mass is 528 g/mol. The lowest BCUT2D eigenvalue weighted by Crippen LogP contribution is -2.54. The van der Waals surface area contributed by atoms with Gasteiger partial charge in [0.15, 0.2) is 5.17 Å². The summed E-state index contributed by atoms with van der Waals surface area (Å²) in [5.74, 6) is 1.22.